The second-order valence-corrected chi connectivity index (χ2v) is 11.6. The first-order valence-corrected chi connectivity index (χ1v) is 15.3. The van der Waals surface area contributed by atoms with E-state index in [0.717, 1.165) is 0 Å². The summed E-state index contributed by atoms with van der Waals surface area (Å²) >= 11 is 0. The average molecular weight is 557 g/mol. The fraction of sp³-hybridized carbons (Fsp3) is 0. The van der Waals surface area contributed by atoms with Gasteiger partial charge in [-0.05, 0) is 94.4 Å². The van der Waals surface area contributed by atoms with Crippen molar-refractivity contribution in [2.24, 2.45) is 0 Å². The Bertz CT molecular complexity index is 2330. The summed E-state index contributed by atoms with van der Waals surface area (Å²) in [6.07, 6.45) is 0. The van der Waals surface area contributed by atoms with E-state index in [0.29, 0.717) is 0 Å². The monoisotopic (exact) mass is 556 g/mol. The van der Waals surface area contributed by atoms with Crippen LogP contribution in [-0.2, 0) is 0 Å². The van der Waals surface area contributed by atoms with Gasteiger partial charge in [-0.1, -0.05) is 164 Å². The van der Waals surface area contributed by atoms with E-state index < -0.39 is 0 Å². The van der Waals surface area contributed by atoms with Crippen LogP contribution in [0.2, 0.25) is 0 Å². The minimum Gasteiger partial charge on any atom is -0.0622 e. The van der Waals surface area contributed by atoms with Crippen LogP contribution in [-0.4, -0.2) is 0 Å². The maximum atomic E-state index is 2.44. The third kappa shape index (κ3) is 3.65. The van der Waals surface area contributed by atoms with Crippen molar-refractivity contribution in [2.45, 2.75) is 0 Å². The van der Waals surface area contributed by atoms with Crippen LogP contribution < -0.4 is 0 Å². The van der Waals surface area contributed by atoms with Gasteiger partial charge in [0.2, 0.25) is 0 Å². The molecule has 204 valence electrons. The smallest absolute Gasteiger partial charge is 0.000697 e. The van der Waals surface area contributed by atoms with Crippen molar-refractivity contribution in [1.29, 1.82) is 0 Å². The third-order valence-corrected chi connectivity index (χ3v) is 9.17. The first-order chi connectivity index (χ1) is 21.9. The molecular weight excluding hydrogens is 528 g/mol. The van der Waals surface area contributed by atoms with E-state index in [1.165, 1.54) is 88.3 Å². The molecule has 0 heterocycles. The Balaban J connectivity index is 1.60. The minimum absolute atomic E-state index is 1.22. The summed E-state index contributed by atoms with van der Waals surface area (Å²) in [5, 5.41) is 5.23. The highest BCUT2D eigenvalue weighted by Crippen LogP contribution is 2.61. The molecule has 8 aromatic rings. The zero-order valence-electron chi connectivity index (χ0n) is 24.2. The molecule has 1 aliphatic carbocycles. The Labute approximate surface area is 257 Å². The molecule has 1 aliphatic rings. The van der Waals surface area contributed by atoms with Crippen molar-refractivity contribution < 1.29 is 0 Å². The minimum atomic E-state index is 1.22. The molecule has 0 atom stereocenters. The molecule has 0 N–H and O–H groups in total. The molecule has 0 bridgehead atoms. The highest BCUT2D eigenvalue weighted by Gasteiger charge is 2.34. The summed E-state index contributed by atoms with van der Waals surface area (Å²) in [7, 11) is 0. The molecule has 8 aromatic carbocycles. The molecule has 0 nitrogen and oxygen atoms in total. The summed E-state index contributed by atoms with van der Waals surface area (Å²) in [6, 6.07) is 62.1. The molecule has 0 aliphatic heterocycles. The zero-order valence-corrected chi connectivity index (χ0v) is 24.2. The molecule has 9 rings (SSSR count). The second-order valence-electron chi connectivity index (χ2n) is 11.6. The Morgan fingerprint density at radius 2 is 0.636 bits per heavy atom. The molecule has 0 saturated heterocycles. The van der Waals surface area contributed by atoms with Gasteiger partial charge in [0.25, 0.3) is 0 Å². The van der Waals surface area contributed by atoms with E-state index in [2.05, 4.69) is 170 Å². The van der Waals surface area contributed by atoms with Gasteiger partial charge in [0.15, 0.2) is 0 Å². The van der Waals surface area contributed by atoms with Gasteiger partial charge in [-0.25, -0.2) is 0 Å². The number of fused-ring (bicyclic) bond motifs is 5. The number of rotatable bonds is 4. The molecule has 0 spiro atoms. The fourth-order valence-corrected chi connectivity index (χ4v) is 7.43. The van der Waals surface area contributed by atoms with Gasteiger partial charge in [-0.15, -0.1) is 0 Å². The van der Waals surface area contributed by atoms with Gasteiger partial charge in [-0.3, -0.25) is 0 Å². The molecule has 0 amide bonds. The second kappa shape index (κ2) is 9.93. The van der Waals surface area contributed by atoms with E-state index in [1.54, 1.807) is 0 Å². The topological polar surface area (TPSA) is 0 Å². The van der Waals surface area contributed by atoms with Crippen molar-refractivity contribution >= 4 is 21.5 Å². The Morgan fingerprint density at radius 1 is 0.250 bits per heavy atom. The van der Waals surface area contributed by atoms with Crippen LogP contribution in [0.25, 0.3) is 88.3 Å². The van der Waals surface area contributed by atoms with Gasteiger partial charge in [0.05, 0.1) is 0 Å². The predicted octanol–water partition coefficient (Wildman–Crippen LogP) is 12.3. The molecule has 0 unspecified atom stereocenters. The number of hydrogen-bond donors (Lipinski definition) is 0. The highest BCUT2D eigenvalue weighted by atomic mass is 14.4. The largest absolute Gasteiger partial charge is 0.0622 e. The Morgan fingerprint density at radius 3 is 1.14 bits per heavy atom. The van der Waals surface area contributed by atoms with E-state index >= 15 is 0 Å². The molecule has 0 aromatic heterocycles. The standard InChI is InChI=1S/C44H28/c1-5-16-29(17-6-1)38-39(30-18-7-2-8-19-30)41(32-22-11-4-12-23-32)44-37-28-33-24-13-14-25-34(33)35-26-15-27-36(42(35)37)43(44)40(38)31-20-9-3-10-21-31/h1-28H. The fourth-order valence-electron chi connectivity index (χ4n) is 7.43. The SMILES string of the molecule is c1ccc(-c2c(-c3ccccc3)c(-c3ccccc3)c3c(c2-c2ccccc2)-c2cccc4c2c-3cc2ccccc24)cc1. The van der Waals surface area contributed by atoms with Gasteiger partial charge in [-0.2, -0.15) is 0 Å². The van der Waals surface area contributed by atoms with E-state index in [1.807, 2.05) is 0 Å². The lowest BCUT2D eigenvalue weighted by Crippen LogP contribution is -1.99. The van der Waals surface area contributed by atoms with Crippen molar-refractivity contribution in [2.75, 3.05) is 0 Å². The van der Waals surface area contributed by atoms with Gasteiger partial charge in [0.1, 0.15) is 0 Å². The van der Waals surface area contributed by atoms with Crippen LogP contribution in [0.1, 0.15) is 0 Å². The maximum absolute atomic E-state index is 2.44. The summed E-state index contributed by atoms with van der Waals surface area (Å²) in [5.74, 6) is 0. The number of benzene rings is 8. The first kappa shape index (κ1) is 24.8. The maximum Gasteiger partial charge on any atom is -0.000697 e. The summed E-state index contributed by atoms with van der Waals surface area (Å²) in [5.41, 5.74) is 15.3. The lowest BCUT2D eigenvalue weighted by atomic mass is 9.76. The van der Waals surface area contributed by atoms with Crippen molar-refractivity contribution in [3.05, 3.63) is 170 Å². The summed E-state index contributed by atoms with van der Waals surface area (Å²) in [6.45, 7) is 0. The van der Waals surface area contributed by atoms with Crippen LogP contribution in [0.3, 0.4) is 0 Å². The molecule has 0 radical (unpaired) electrons. The third-order valence-electron chi connectivity index (χ3n) is 9.17. The van der Waals surface area contributed by atoms with Crippen molar-refractivity contribution in [3.63, 3.8) is 0 Å². The molecule has 44 heavy (non-hydrogen) atoms. The summed E-state index contributed by atoms with van der Waals surface area (Å²) < 4.78 is 0. The lowest BCUT2D eigenvalue weighted by molar-refractivity contribution is 1.54. The Kier molecular flexibility index (Phi) is 5.61. The molecule has 0 saturated carbocycles. The van der Waals surface area contributed by atoms with Crippen LogP contribution >= 0.6 is 0 Å². The average Bonchev–Trinajstić information content (AvgIpc) is 3.43. The molecule has 0 fully saturated rings. The van der Waals surface area contributed by atoms with Gasteiger partial charge < -0.3 is 0 Å². The van der Waals surface area contributed by atoms with Crippen LogP contribution in [0.5, 0.6) is 0 Å². The van der Waals surface area contributed by atoms with Crippen LogP contribution in [0.15, 0.2) is 170 Å². The first-order valence-electron chi connectivity index (χ1n) is 15.3. The van der Waals surface area contributed by atoms with Gasteiger partial charge in [0, 0.05) is 0 Å². The lowest BCUT2D eigenvalue weighted by Gasteiger charge is -2.26. The normalized spacial score (nSPS) is 11.6. The Hall–Kier alpha value is -5.72. The van der Waals surface area contributed by atoms with Crippen LogP contribution in [0, 0.1) is 0 Å². The number of hydrogen-bond acceptors (Lipinski definition) is 0. The highest BCUT2D eigenvalue weighted by molar-refractivity contribution is 6.29. The van der Waals surface area contributed by atoms with Gasteiger partial charge >= 0.3 is 0 Å². The van der Waals surface area contributed by atoms with Crippen molar-refractivity contribution in [1.82, 2.24) is 0 Å². The summed E-state index contributed by atoms with van der Waals surface area (Å²) in [4.78, 5) is 0. The van der Waals surface area contributed by atoms with E-state index in [-0.39, 0.29) is 0 Å². The van der Waals surface area contributed by atoms with Crippen molar-refractivity contribution in [3.8, 4) is 66.8 Å². The quantitative estimate of drug-likeness (QED) is 0.189. The van der Waals surface area contributed by atoms with E-state index in [9.17, 15) is 0 Å². The van der Waals surface area contributed by atoms with Crippen LogP contribution in [0.4, 0.5) is 0 Å². The zero-order chi connectivity index (χ0) is 29.0. The molecular formula is C44H28. The molecule has 0 heteroatoms. The van der Waals surface area contributed by atoms with E-state index in [4.69, 9.17) is 0 Å². The predicted molar refractivity (Wildman–Crippen MR) is 188 cm³/mol.